The summed E-state index contributed by atoms with van der Waals surface area (Å²) in [5.41, 5.74) is 8.33. The van der Waals surface area contributed by atoms with Crippen molar-refractivity contribution in [3.8, 4) is 0 Å². The lowest BCUT2D eigenvalue weighted by molar-refractivity contribution is 0.104. The molecule has 1 aliphatic heterocycles. The van der Waals surface area contributed by atoms with Gasteiger partial charge in [0.05, 0.1) is 24.0 Å². The first-order chi connectivity index (χ1) is 12.9. The molecule has 4 nitrogen and oxygen atoms in total. The number of hydrogen-bond acceptors (Lipinski definition) is 4. The van der Waals surface area contributed by atoms with E-state index < -0.39 is 5.66 Å². The Bertz CT molecular complexity index is 816. The van der Waals surface area contributed by atoms with Crippen LogP contribution in [0.4, 0.5) is 8.78 Å². The van der Waals surface area contributed by atoms with Crippen molar-refractivity contribution in [2.75, 3.05) is 6.54 Å². The van der Waals surface area contributed by atoms with Gasteiger partial charge in [0.1, 0.15) is 0 Å². The van der Waals surface area contributed by atoms with Crippen LogP contribution in [0.25, 0.3) is 0 Å². The molecule has 0 amide bonds. The molecule has 144 valence electrons. The first-order valence-electron chi connectivity index (χ1n) is 9.05. The van der Waals surface area contributed by atoms with Crippen LogP contribution in [0.3, 0.4) is 0 Å². The lowest BCUT2D eigenvalue weighted by atomic mass is 10.0. The van der Waals surface area contributed by atoms with Gasteiger partial charge in [0.25, 0.3) is 5.66 Å². The first kappa shape index (κ1) is 19.7. The Morgan fingerprint density at radius 2 is 2.22 bits per heavy atom. The van der Waals surface area contributed by atoms with Crippen LogP contribution in [0.15, 0.2) is 64.1 Å². The third kappa shape index (κ3) is 5.02. The second-order valence-electron chi connectivity index (χ2n) is 6.66. The van der Waals surface area contributed by atoms with Crippen molar-refractivity contribution in [3.63, 3.8) is 0 Å². The Morgan fingerprint density at radius 3 is 2.89 bits per heavy atom. The summed E-state index contributed by atoms with van der Waals surface area (Å²) < 4.78 is 26.9. The van der Waals surface area contributed by atoms with E-state index in [-0.39, 0.29) is 11.6 Å². The third-order valence-corrected chi connectivity index (χ3v) is 4.79. The smallest absolute Gasteiger partial charge is 0.283 e. The Morgan fingerprint density at radius 1 is 1.44 bits per heavy atom. The average molecular weight is 390 g/mol. The third-order valence-electron chi connectivity index (χ3n) is 4.45. The Kier molecular flexibility index (Phi) is 6.08. The Labute approximate surface area is 160 Å². The highest BCUT2D eigenvalue weighted by molar-refractivity contribution is 7.17. The molecule has 1 aromatic carbocycles. The average Bonchev–Trinajstić information content (AvgIpc) is 3.46. The van der Waals surface area contributed by atoms with Crippen molar-refractivity contribution in [2.24, 2.45) is 10.7 Å². The summed E-state index contributed by atoms with van der Waals surface area (Å²) >= 11 is 0. The molecule has 0 spiro atoms. The van der Waals surface area contributed by atoms with Gasteiger partial charge in [-0.15, -0.1) is 0 Å². The number of likely N-dealkylation sites (N-methyl/N-ethyl adjacent to an activating group) is 1. The molecule has 0 bridgehead atoms. The molecule has 2 unspecified atom stereocenters. The zero-order valence-electron chi connectivity index (χ0n) is 15.3. The van der Waals surface area contributed by atoms with E-state index >= 15 is 0 Å². The number of hydrogen-bond donors (Lipinski definition) is 3. The second kappa shape index (κ2) is 8.32. The standard InChI is InChI=1S/C20H25F2N4P/c1-2-25-18(14-6-7-14)19-16(17(23)8-9-26-19)12-24-11-13-4-3-5-15(10-13)20(21,22)27/h3-5,8-10,12,17,25-26H,2,6-7,11,23,27H2,1H3. The number of nitrogens with two attached hydrogens (primary N) is 1. The van der Waals surface area contributed by atoms with Crippen molar-refractivity contribution in [3.05, 3.63) is 70.2 Å². The molecule has 0 saturated heterocycles. The molecule has 1 aliphatic carbocycles. The maximum absolute atomic E-state index is 13.5. The number of nitrogens with zero attached hydrogens (tertiary/aromatic N) is 1. The van der Waals surface area contributed by atoms with E-state index in [0.717, 1.165) is 41.9 Å². The van der Waals surface area contributed by atoms with Gasteiger partial charge >= 0.3 is 0 Å². The molecule has 2 atom stereocenters. The van der Waals surface area contributed by atoms with Crippen LogP contribution in [-0.4, -0.2) is 18.8 Å². The van der Waals surface area contributed by atoms with Gasteiger partial charge in [0.2, 0.25) is 0 Å². The normalized spacial score (nSPS) is 19.4. The molecular weight excluding hydrogens is 365 g/mol. The first-order valence-corrected chi connectivity index (χ1v) is 9.63. The summed E-state index contributed by atoms with van der Waals surface area (Å²) in [4.78, 5) is 4.47. The number of aliphatic imine (C=N–C) groups is 1. The summed E-state index contributed by atoms with van der Waals surface area (Å²) in [7, 11) is 1.56. The minimum atomic E-state index is -2.94. The van der Waals surface area contributed by atoms with E-state index in [0.29, 0.717) is 6.54 Å². The topological polar surface area (TPSA) is 62.4 Å². The lowest BCUT2D eigenvalue weighted by Gasteiger charge is -2.23. The van der Waals surface area contributed by atoms with Crippen LogP contribution in [-0.2, 0) is 12.2 Å². The molecule has 3 rings (SSSR count). The van der Waals surface area contributed by atoms with Crippen LogP contribution >= 0.6 is 9.24 Å². The summed E-state index contributed by atoms with van der Waals surface area (Å²) in [6.45, 7) is 3.20. The van der Waals surface area contributed by atoms with Gasteiger partial charge in [-0.3, -0.25) is 4.99 Å². The van der Waals surface area contributed by atoms with E-state index in [1.807, 2.05) is 12.3 Å². The number of benzene rings is 1. The highest BCUT2D eigenvalue weighted by atomic mass is 31.0. The predicted molar refractivity (Wildman–Crippen MR) is 109 cm³/mol. The van der Waals surface area contributed by atoms with Crippen molar-refractivity contribution < 1.29 is 8.78 Å². The van der Waals surface area contributed by atoms with Crippen molar-refractivity contribution in [1.29, 1.82) is 0 Å². The maximum atomic E-state index is 13.5. The minimum Gasteiger partial charge on any atom is -0.384 e. The van der Waals surface area contributed by atoms with Gasteiger partial charge in [-0.1, -0.05) is 27.4 Å². The molecule has 4 N–H and O–H groups in total. The molecule has 1 saturated carbocycles. The van der Waals surface area contributed by atoms with Crippen LogP contribution in [0.1, 0.15) is 30.9 Å². The lowest BCUT2D eigenvalue weighted by Crippen LogP contribution is -2.33. The molecular formula is C20H25F2N4P. The van der Waals surface area contributed by atoms with E-state index in [4.69, 9.17) is 5.73 Å². The second-order valence-corrected chi connectivity index (χ2v) is 7.39. The quantitative estimate of drug-likeness (QED) is 0.493. The Hall–Kier alpha value is -2.04. The van der Waals surface area contributed by atoms with E-state index in [1.54, 1.807) is 27.6 Å². The van der Waals surface area contributed by atoms with Crippen molar-refractivity contribution in [2.45, 2.75) is 38.0 Å². The Balaban J connectivity index is 1.82. The van der Waals surface area contributed by atoms with E-state index in [1.165, 1.54) is 17.7 Å². The van der Waals surface area contributed by atoms with Gasteiger partial charge < -0.3 is 16.4 Å². The van der Waals surface area contributed by atoms with Gasteiger partial charge in [-0.2, -0.15) is 8.78 Å². The molecule has 7 heteroatoms. The highest BCUT2D eigenvalue weighted by Gasteiger charge is 2.25. The number of alkyl halides is 2. The number of rotatable bonds is 7. The SMILES string of the molecule is CCNC(=C1CC1)C1=C(C=NCc2cccc(C(F)(F)P)c2)C(N)C=CN1. The largest absolute Gasteiger partial charge is 0.384 e. The fraction of sp³-hybridized carbons (Fsp3) is 0.350. The zero-order valence-corrected chi connectivity index (χ0v) is 16.5. The number of allylic oxidation sites excluding steroid dienone is 1. The molecule has 27 heavy (non-hydrogen) atoms. The van der Waals surface area contributed by atoms with Crippen LogP contribution < -0.4 is 16.4 Å². The number of halogens is 2. The van der Waals surface area contributed by atoms with Crippen molar-refractivity contribution in [1.82, 2.24) is 10.6 Å². The highest BCUT2D eigenvalue weighted by Crippen LogP contribution is 2.35. The monoisotopic (exact) mass is 390 g/mol. The zero-order chi connectivity index (χ0) is 19.4. The number of nitrogens with one attached hydrogen (secondary N) is 2. The minimum absolute atomic E-state index is 0.0352. The van der Waals surface area contributed by atoms with E-state index in [9.17, 15) is 8.78 Å². The van der Waals surface area contributed by atoms with Crippen LogP contribution in [0.5, 0.6) is 0 Å². The van der Waals surface area contributed by atoms with Crippen LogP contribution in [0.2, 0.25) is 0 Å². The van der Waals surface area contributed by atoms with Crippen LogP contribution in [0, 0.1) is 0 Å². The fourth-order valence-corrected chi connectivity index (χ4v) is 3.14. The maximum Gasteiger partial charge on any atom is 0.283 e. The van der Waals surface area contributed by atoms with Gasteiger partial charge in [-0.05, 0) is 49.2 Å². The molecule has 0 radical (unpaired) electrons. The van der Waals surface area contributed by atoms with Crippen molar-refractivity contribution >= 4 is 15.5 Å². The van der Waals surface area contributed by atoms with Gasteiger partial charge in [0, 0.05) is 23.9 Å². The molecule has 1 aromatic rings. The molecule has 1 fully saturated rings. The molecule has 1 heterocycles. The predicted octanol–water partition coefficient (Wildman–Crippen LogP) is 3.54. The summed E-state index contributed by atoms with van der Waals surface area (Å²) in [5.74, 6) is 0. The van der Waals surface area contributed by atoms with Gasteiger partial charge in [-0.25, -0.2) is 0 Å². The fourth-order valence-electron chi connectivity index (χ4n) is 2.96. The van der Waals surface area contributed by atoms with E-state index in [2.05, 4.69) is 22.5 Å². The molecule has 2 aliphatic rings. The van der Waals surface area contributed by atoms with Gasteiger partial charge in [0.15, 0.2) is 0 Å². The number of dihydropyridines is 1. The molecule has 0 aromatic heterocycles. The summed E-state index contributed by atoms with van der Waals surface area (Å²) in [6, 6.07) is 6.05. The summed E-state index contributed by atoms with van der Waals surface area (Å²) in [5, 5.41) is 6.71. The summed E-state index contributed by atoms with van der Waals surface area (Å²) in [6.07, 6.45) is 7.66.